The number of aromatic nitrogens is 1. The Balaban J connectivity index is 1.87. The standard InChI is InChI=1S/C14H12ClN3O2/c15-11-5-2-1-4-10(11)7-8-13(19)17-18-14(20)12-6-3-9-16-12/h1-9,16H,(H,17,19)(H,18,20)/b8-7+. The third kappa shape index (κ3) is 3.73. The van der Waals surface area contributed by atoms with Crippen molar-refractivity contribution in [2.45, 2.75) is 0 Å². The van der Waals surface area contributed by atoms with Crippen LogP contribution >= 0.6 is 11.6 Å². The van der Waals surface area contributed by atoms with Crippen LogP contribution in [0.1, 0.15) is 16.1 Å². The summed E-state index contributed by atoms with van der Waals surface area (Å²) in [4.78, 5) is 25.8. The molecule has 5 nitrogen and oxygen atoms in total. The number of hydrogen-bond acceptors (Lipinski definition) is 2. The number of benzene rings is 1. The van der Waals surface area contributed by atoms with Crippen molar-refractivity contribution in [3.8, 4) is 0 Å². The van der Waals surface area contributed by atoms with E-state index in [1.54, 1.807) is 42.6 Å². The highest BCUT2D eigenvalue weighted by molar-refractivity contribution is 6.32. The minimum atomic E-state index is -0.454. The normalized spacial score (nSPS) is 10.4. The third-order valence-electron chi connectivity index (χ3n) is 2.46. The van der Waals surface area contributed by atoms with Crippen molar-refractivity contribution < 1.29 is 9.59 Å². The van der Waals surface area contributed by atoms with Gasteiger partial charge in [0.15, 0.2) is 0 Å². The number of hydrogen-bond donors (Lipinski definition) is 3. The van der Waals surface area contributed by atoms with Crippen molar-refractivity contribution in [1.82, 2.24) is 15.8 Å². The van der Waals surface area contributed by atoms with E-state index in [-0.39, 0.29) is 0 Å². The summed E-state index contributed by atoms with van der Waals surface area (Å²) >= 11 is 5.95. The van der Waals surface area contributed by atoms with Crippen LogP contribution in [0.3, 0.4) is 0 Å². The van der Waals surface area contributed by atoms with Crippen LogP contribution in [0.15, 0.2) is 48.7 Å². The second-order valence-electron chi connectivity index (χ2n) is 3.88. The number of amides is 2. The molecule has 3 N–H and O–H groups in total. The van der Waals surface area contributed by atoms with E-state index >= 15 is 0 Å². The molecule has 0 unspecified atom stereocenters. The van der Waals surface area contributed by atoms with Crippen LogP contribution in [0, 0.1) is 0 Å². The fourth-order valence-corrected chi connectivity index (χ4v) is 1.67. The van der Waals surface area contributed by atoms with E-state index in [9.17, 15) is 9.59 Å². The van der Waals surface area contributed by atoms with Gasteiger partial charge in [0.2, 0.25) is 0 Å². The molecule has 2 rings (SSSR count). The third-order valence-corrected chi connectivity index (χ3v) is 2.81. The molecule has 1 aromatic carbocycles. The molecular formula is C14H12ClN3O2. The summed E-state index contributed by atoms with van der Waals surface area (Å²) in [7, 11) is 0. The van der Waals surface area contributed by atoms with Gasteiger partial charge in [-0.15, -0.1) is 0 Å². The smallest absolute Gasteiger partial charge is 0.286 e. The molecule has 0 aliphatic carbocycles. The first kappa shape index (κ1) is 13.9. The summed E-state index contributed by atoms with van der Waals surface area (Å²) in [6.45, 7) is 0. The van der Waals surface area contributed by atoms with Gasteiger partial charge in [-0.25, -0.2) is 0 Å². The fraction of sp³-hybridized carbons (Fsp3) is 0. The quantitative estimate of drug-likeness (QED) is 0.598. The first-order valence-electron chi connectivity index (χ1n) is 5.83. The van der Waals surface area contributed by atoms with Crippen LogP contribution < -0.4 is 10.9 Å². The minimum Gasteiger partial charge on any atom is -0.357 e. The molecule has 0 bridgehead atoms. The Morgan fingerprint density at radius 1 is 1.10 bits per heavy atom. The summed E-state index contributed by atoms with van der Waals surface area (Å²) in [5.74, 6) is -0.876. The molecule has 0 aliphatic rings. The Hall–Kier alpha value is -2.53. The Bertz CT molecular complexity index is 636. The number of nitrogens with one attached hydrogen (secondary N) is 3. The molecule has 0 spiro atoms. The number of H-pyrrole nitrogens is 1. The lowest BCUT2D eigenvalue weighted by Crippen LogP contribution is -2.40. The molecule has 0 saturated carbocycles. The van der Waals surface area contributed by atoms with Crippen molar-refractivity contribution in [2.75, 3.05) is 0 Å². The van der Waals surface area contributed by atoms with E-state index in [0.717, 1.165) is 5.56 Å². The summed E-state index contributed by atoms with van der Waals surface area (Å²) in [6.07, 6.45) is 4.47. The largest absolute Gasteiger partial charge is 0.357 e. The fourth-order valence-electron chi connectivity index (χ4n) is 1.47. The van der Waals surface area contributed by atoms with Crippen LogP contribution in [-0.4, -0.2) is 16.8 Å². The minimum absolute atomic E-state index is 0.361. The van der Waals surface area contributed by atoms with E-state index < -0.39 is 11.8 Å². The van der Waals surface area contributed by atoms with Gasteiger partial charge in [-0.2, -0.15) is 0 Å². The highest BCUT2D eigenvalue weighted by Gasteiger charge is 2.05. The van der Waals surface area contributed by atoms with Gasteiger partial charge in [0.1, 0.15) is 5.69 Å². The van der Waals surface area contributed by atoms with E-state index in [0.29, 0.717) is 10.7 Å². The molecule has 1 heterocycles. The zero-order valence-corrected chi connectivity index (χ0v) is 11.1. The number of rotatable bonds is 3. The average molecular weight is 290 g/mol. The highest BCUT2D eigenvalue weighted by Crippen LogP contribution is 2.15. The number of halogens is 1. The zero-order valence-electron chi connectivity index (χ0n) is 10.4. The zero-order chi connectivity index (χ0) is 14.4. The topological polar surface area (TPSA) is 74.0 Å². The SMILES string of the molecule is O=C(/C=C/c1ccccc1Cl)NNC(=O)c1ccc[nH]1. The first-order chi connectivity index (χ1) is 9.66. The molecule has 2 aromatic rings. The van der Waals surface area contributed by atoms with Gasteiger partial charge in [0.25, 0.3) is 11.8 Å². The lowest BCUT2D eigenvalue weighted by atomic mass is 10.2. The van der Waals surface area contributed by atoms with Crippen LogP contribution in [0.25, 0.3) is 6.08 Å². The van der Waals surface area contributed by atoms with E-state index in [4.69, 9.17) is 11.6 Å². The van der Waals surface area contributed by atoms with Crippen molar-refractivity contribution in [3.05, 3.63) is 65.0 Å². The van der Waals surface area contributed by atoms with E-state index in [1.807, 2.05) is 6.07 Å². The van der Waals surface area contributed by atoms with Gasteiger partial charge in [0, 0.05) is 17.3 Å². The molecule has 0 saturated heterocycles. The summed E-state index contributed by atoms with van der Waals surface area (Å²) in [5, 5.41) is 0.548. The van der Waals surface area contributed by atoms with Gasteiger partial charge < -0.3 is 4.98 Å². The number of carbonyl (C=O) groups excluding carboxylic acids is 2. The predicted octanol–water partition coefficient (Wildman–Crippen LogP) is 2.14. The molecule has 102 valence electrons. The van der Waals surface area contributed by atoms with Crippen molar-refractivity contribution in [1.29, 1.82) is 0 Å². The van der Waals surface area contributed by atoms with E-state index in [1.165, 1.54) is 6.08 Å². The van der Waals surface area contributed by atoms with Crippen LogP contribution in [0.5, 0.6) is 0 Å². The molecule has 2 amide bonds. The lowest BCUT2D eigenvalue weighted by molar-refractivity contribution is -0.117. The second kappa shape index (κ2) is 6.58. The monoisotopic (exact) mass is 289 g/mol. The van der Waals surface area contributed by atoms with E-state index in [2.05, 4.69) is 15.8 Å². The molecule has 6 heteroatoms. The first-order valence-corrected chi connectivity index (χ1v) is 6.21. The van der Waals surface area contributed by atoms with Crippen LogP contribution in [-0.2, 0) is 4.79 Å². The van der Waals surface area contributed by atoms with Crippen molar-refractivity contribution >= 4 is 29.5 Å². The number of carbonyl (C=O) groups is 2. The number of hydrazine groups is 1. The molecule has 0 atom stereocenters. The number of aromatic amines is 1. The molecule has 0 aliphatic heterocycles. The maximum absolute atomic E-state index is 11.5. The van der Waals surface area contributed by atoms with Gasteiger partial charge in [-0.05, 0) is 29.8 Å². The Kier molecular flexibility index (Phi) is 4.57. The van der Waals surface area contributed by atoms with Crippen molar-refractivity contribution in [3.63, 3.8) is 0 Å². The summed E-state index contributed by atoms with van der Waals surface area (Å²) in [6, 6.07) is 10.4. The predicted molar refractivity (Wildman–Crippen MR) is 76.9 cm³/mol. The van der Waals surface area contributed by atoms with Crippen LogP contribution in [0.4, 0.5) is 0 Å². The van der Waals surface area contributed by atoms with Gasteiger partial charge >= 0.3 is 0 Å². The molecule has 1 aromatic heterocycles. The van der Waals surface area contributed by atoms with Gasteiger partial charge in [-0.1, -0.05) is 29.8 Å². The maximum Gasteiger partial charge on any atom is 0.286 e. The average Bonchev–Trinajstić information content (AvgIpc) is 2.98. The molecular weight excluding hydrogens is 278 g/mol. The maximum atomic E-state index is 11.5. The summed E-state index contributed by atoms with van der Waals surface area (Å²) in [5.41, 5.74) is 5.64. The molecule has 0 radical (unpaired) electrons. The Morgan fingerprint density at radius 3 is 2.60 bits per heavy atom. The second-order valence-corrected chi connectivity index (χ2v) is 4.29. The molecule has 0 fully saturated rings. The van der Waals surface area contributed by atoms with Crippen molar-refractivity contribution in [2.24, 2.45) is 0 Å². The van der Waals surface area contributed by atoms with Crippen LogP contribution in [0.2, 0.25) is 5.02 Å². The Morgan fingerprint density at radius 2 is 1.90 bits per heavy atom. The highest BCUT2D eigenvalue weighted by atomic mass is 35.5. The summed E-state index contributed by atoms with van der Waals surface area (Å²) < 4.78 is 0. The Labute approximate surface area is 120 Å². The molecule has 20 heavy (non-hydrogen) atoms. The van der Waals surface area contributed by atoms with Gasteiger partial charge in [-0.3, -0.25) is 20.4 Å². The van der Waals surface area contributed by atoms with Gasteiger partial charge in [0.05, 0.1) is 0 Å². The lowest BCUT2D eigenvalue weighted by Gasteiger charge is -2.03.